The molecular weight excluding hydrogens is 278 g/mol. The molecule has 0 spiro atoms. The minimum Gasteiger partial charge on any atom is -0.390 e. The van der Waals surface area contributed by atoms with Crippen LogP contribution in [0, 0.1) is 0 Å². The van der Waals surface area contributed by atoms with E-state index in [0.29, 0.717) is 24.8 Å². The van der Waals surface area contributed by atoms with Crippen LogP contribution in [0.15, 0.2) is 17.2 Å². The van der Waals surface area contributed by atoms with Gasteiger partial charge in [-0.15, -0.1) is 0 Å². The van der Waals surface area contributed by atoms with Gasteiger partial charge in [0.2, 0.25) is 10.0 Å². The van der Waals surface area contributed by atoms with E-state index in [-0.39, 0.29) is 11.5 Å². The molecule has 0 aliphatic heterocycles. The first-order valence-corrected chi connectivity index (χ1v) is 8.23. The molecular formula is C13H23N3O3S. The van der Waals surface area contributed by atoms with E-state index in [0.717, 1.165) is 12.8 Å². The van der Waals surface area contributed by atoms with E-state index in [4.69, 9.17) is 0 Å². The molecule has 1 heterocycles. The highest BCUT2D eigenvalue weighted by molar-refractivity contribution is 7.89. The molecule has 20 heavy (non-hydrogen) atoms. The van der Waals surface area contributed by atoms with Crippen molar-refractivity contribution in [3.05, 3.63) is 18.0 Å². The molecule has 1 aromatic heterocycles. The normalized spacial score (nSPS) is 16.3. The lowest BCUT2D eigenvalue weighted by Gasteiger charge is -2.18. The molecule has 0 saturated heterocycles. The third kappa shape index (κ3) is 3.22. The molecule has 0 radical (unpaired) electrons. The van der Waals surface area contributed by atoms with Crippen LogP contribution in [0.1, 0.15) is 24.6 Å². The Bertz CT molecular complexity index is 561. The molecule has 1 aromatic rings. The van der Waals surface area contributed by atoms with E-state index in [1.165, 1.54) is 4.31 Å². The molecule has 2 rings (SSSR count). The van der Waals surface area contributed by atoms with E-state index in [2.05, 4.69) is 0 Å². The Morgan fingerprint density at radius 2 is 1.95 bits per heavy atom. The fourth-order valence-corrected chi connectivity index (χ4v) is 3.31. The summed E-state index contributed by atoms with van der Waals surface area (Å²) in [7, 11) is 1.93. The van der Waals surface area contributed by atoms with Crippen LogP contribution in [0.2, 0.25) is 0 Å². The average molecular weight is 301 g/mol. The number of aliphatic hydroxyl groups excluding tert-OH is 1. The number of likely N-dealkylation sites (N-methyl/N-ethyl adjacent to an activating group) is 2. The zero-order valence-corrected chi connectivity index (χ0v) is 13.1. The van der Waals surface area contributed by atoms with Crippen molar-refractivity contribution in [1.29, 1.82) is 0 Å². The van der Waals surface area contributed by atoms with Crippen LogP contribution in [0.5, 0.6) is 0 Å². The van der Waals surface area contributed by atoms with Gasteiger partial charge in [0.1, 0.15) is 4.90 Å². The zero-order valence-electron chi connectivity index (χ0n) is 12.3. The summed E-state index contributed by atoms with van der Waals surface area (Å²) >= 11 is 0. The lowest BCUT2D eigenvalue weighted by Crippen LogP contribution is -2.33. The zero-order chi connectivity index (χ0) is 14.9. The highest BCUT2D eigenvalue weighted by atomic mass is 32.2. The van der Waals surface area contributed by atoms with Crippen molar-refractivity contribution in [2.45, 2.75) is 30.4 Å². The van der Waals surface area contributed by atoms with Crippen molar-refractivity contribution in [1.82, 2.24) is 13.8 Å². The standard InChI is InChI=1S/C13H23N3O3S/c1-14(2)6-7-15(3)20(18,19)13-8-12(10-17)16(9-13)11-4-5-11/h8-9,11,17H,4-7,10H2,1-3H3. The van der Waals surface area contributed by atoms with Gasteiger partial charge in [-0.05, 0) is 33.0 Å². The van der Waals surface area contributed by atoms with Crippen LogP contribution in [0.3, 0.4) is 0 Å². The van der Waals surface area contributed by atoms with Crippen LogP contribution in [0.4, 0.5) is 0 Å². The molecule has 0 unspecified atom stereocenters. The fourth-order valence-electron chi connectivity index (χ4n) is 2.10. The number of sulfonamides is 1. The van der Waals surface area contributed by atoms with Crippen LogP contribution in [-0.4, -0.2) is 61.5 Å². The first kappa shape index (κ1) is 15.5. The number of hydrogen-bond acceptors (Lipinski definition) is 4. The Labute approximate surface area is 120 Å². The average Bonchev–Trinajstić information content (AvgIpc) is 3.14. The fraction of sp³-hybridized carbons (Fsp3) is 0.692. The third-order valence-electron chi connectivity index (χ3n) is 3.58. The molecule has 1 aliphatic carbocycles. The minimum atomic E-state index is -3.48. The summed E-state index contributed by atoms with van der Waals surface area (Å²) in [6, 6.07) is 1.94. The molecule has 7 heteroatoms. The van der Waals surface area contributed by atoms with Crippen LogP contribution >= 0.6 is 0 Å². The summed E-state index contributed by atoms with van der Waals surface area (Å²) in [4.78, 5) is 2.22. The summed E-state index contributed by atoms with van der Waals surface area (Å²) in [5.41, 5.74) is 0.673. The Kier molecular flexibility index (Phi) is 4.53. The quantitative estimate of drug-likeness (QED) is 0.796. The van der Waals surface area contributed by atoms with Crippen molar-refractivity contribution < 1.29 is 13.5 Å². The van der Waals surface area contributed by atoms with Crippen LogP contribution in [0.25, 0.3) is 0 Å². The Morgan fingerprint density at radius 3 is 2.45 bits per heavy atom. The van der Waals surface area contributed by atoms with Crippen molar-refractivity contribution in [3.63, 3.8) is 0 Å². The number of aromatic nitrogens is 1. The Morgan fingerprint density at radius 1 is 1.30 bits per heavy atom. The van der Waals surface area contributed by atoms with Crippen LogP contribution < -0.4 is 0 Å². The van der Waals surface area contributed by atoms with Gasteiger partial charge in [0, 0.05) is 38.1 Å². The first-order valence-electron chi connectivity index (χ1n) is 6.79. The molecule has 0 bridgehead atoms. The first-order chi connectivity index (χ1) is 9.36. The van der Waals surface area contributed by atoms with Gasteiger partial charge >= 0.3 is 0 Å². The van der Waals surface area contributed by atoms with Crippen molar-refractivity contribution in [2.75, 3.05) is 34.2 Å². The summed E-state index contributed by atoms with van der Waals surface area (Å²) in [6.07, 6.45) is 3.76. The maximum atomic E-state index is 12.5. The molecule has 0 amide bonds. The maximum Gasteiger partial charge on any atom is 0.244 e. The van der Waals surface area contributed by atoms with Crippen molar-refractivity contribution in [3.8, 4) is 0 Å². The Balaban J connectivity index is 2.20. The van der Waals surface area contributed by atoms with Crippen molar-refractivity contribution in [2.24, 2.45) is 0 Å². The molecule has 1 fully saturated rings. The predicted molar refractivity (Wildman–Crippen MR) is 77.0 cm³/mol. The highest BCUT2D eigenvalue weighted by Crippen LogP contribution is 2.37. The number of rotatable bonds is 7. The van der Waals surface area contributed by atoms with Gasteiger partial charge in [-0.25, -0.2) is 8.42 Å². The largest absolute Gasteiger partial charge is 0.390 e. The second-order valence-electron chi connectivity index (χ2n) is 5.59. The monoisotopic (exact) mass is 301 g/mol. The van der Waals surface area contributed by atoms with Gasteiger partial charge in [0.25, 0.3) is 0 Å². The molecule has 0 atom stereocenters. The highest BCUT2D eigenvalue weighted by Gasteiger charge is 2.29. The summed E-state index contributed by atoms with van der Waals surface area (Å²) in [5.74, 6) is 0. The van der Waals surface area contributed by atoms with Gasteiger partial charge < -0.3 is 14.6 Å². The van der Waals surface area contributed by atoms with Gasteiger partial charge in [-0.2, -0.15) is 4.31 Å². The summed E-state index contributed by atoms with van der Waals surface area (Å²) < 4.78 is 28.2. The summed E-state index contributed by atoms with van der Waals surface area (Å²) in [6.45, 7) is 0.984. The smallest absolute Gasteiger partial charge is 0.244 e. The molecule has 6 nitrogen and oxygen atoms in total. The predicted octanol–water partition coefficient (Wildman–Crippen LogP) is 0.497. The molecule has 1 saturated carbocycles. The second kappa shape index (κ2) is 5.85. The maximum absolute atomic E-state index is 12.5. The number of nitrogens with zero attached hydrogens (tertiary/aromatic N) is 3. The van der Waals surface area contributed by atoms with E-state index in [1.807, 2.05) is 23.6 Å². The van der Waals surface area contributed by atoms with Crippen molar-refractivity contribution >= 4 is 10.0 Å². The third-order valence-corrected chi connectivity index (χ3v) is 5.40. The minimum absolute atomic E-state index is 0.132. The lowest BCUT2D eigenvalue weighted by molar-refractivity contribution is 0.270. The Hall–Kier alpha value is -0.890. The topological polar surface area (TPSA) is 65.8 Å². The summed E-state index contributed by atoms with van der Waals surface area (Å²) in [5, 5.41) is 9.35. The van der Waals surface area contributed by atoms with Gasteiger partial charge in [0.05, 0.1) is 6.61 Å². The molecule has 1 N–H and O–H groups in total. The van der Waals surface area contributed by atoms with E-state index >= 15 is 0 Å². The SMILES string of the molecule is CN(C)CCN(C)S(=O)(=O)c1cc(CO)n(C2CC2)c1. The lowest BCUT2D eigenvalue weighted by atomic mass is 10.4. The number of hydrogen-bond donors (Lipinski definition) is 1. The van der Waals surface area contributed by atoms with E-state index in [9.17, 15) is 13.5 Å². The van der Waals surface area contributed by atoms with E-state index in [1.54, 1.807) is 19.3 Å². The molecule has 1 aliphatic rings. The van der Waals surface area contributed by atoms with E-state index < -0.39 is 10.0 Å². The van der Waals surface area contributed by atoms with Crippen LogP contribution in [-0.2, 0) is 16.6 Å². The van der Waals surface area contributed by atoms with Gasteiger partial charge in [0.15, 0.2) is 0 Å². The second-order valence-corrected chi connectivity index (χ2v) is 7.64. The number of aliphatic hydroxyl groups is 1. The molecule has 0 aromatic carbocycles. The van der Waals surface area contributed by atoms with Gasteiger partial charge in [-0.3, -0.25) is 0 Å². The van der Waals surface area contributed by atoms with Gasteiger partial charge in [-0.1, -0.05) is 0 Å². The molecule has 114 valence electrons.